The molecule has 7 N–H and O–H groups in total. The number of phenols is 1. The summed E-state index contributed by atoms with van der Waals surface area (Å²) >= 11 is 0. The second-order valence-corrected chi connectivity index (χ2v) is 8.40. The Labute approximate surface area is 238 Å². The maximum atomic E-state index is 12.5. The van der Waals surface area contributed by atoms with Crippen LogP contribution in [-0.4, -0.2) is 62.6 Å². The number of rotatable bonds is 6. The van der Waals surface area contributed by atoms with Crippen molar-refractivity contribution < 1.29 is 38.9 Å². The van der Waals surface area contributed by atoms with Gasteiger partial charge in [0.2, 0.25) is 0 Å². The highest BCUT2D eigenvalue weighted by atomic mass is 35.5. The molecule has 0 aliphatic carbocycles. The van der Waals surface area contributed by atoms with E-state index in [2.05, 4.69) is 30.3 Å². The molecule has 1 atom stereocenters. The number of hydrogen-bond acceptors (Lipinski definition) is 10. The number of methoxy groups -OCH3 is 1. The summed E-state index contributed by atoms with van der Waals surface area (Å²) in [5.41, 5.74) is 7.86. The van der Waals surface area contributed by atoms with Gasteiger partial charge in [0.05, 0.1) is 18.3 Å². The molecular weight excluding hydrogens is 560 g/mol. The number of carbonyl (C=O) groups excluding carboxylic acids is 3. The highest BCUT2D eigenvalue weighted by molar-refractivity contribution is 6.08. The van der Waals surface area contributed by atoms with Crippen molar-refractivity contribution in [3.05, 3.63) is 77.4 Å². The molecule has 14 nitrogen and oxygen atoms in total. The smallest absolute Gasteiger partial charge is 0.339 e. The van der Waals surface area contributed by atoms with Crippen LogP contribution in [0.1, 0.15) is 38.0 Å². The zero-order chi connectivity index (χ0) is 28.8. The zero-order valence-electron chi connectivity index (χ0n) is 21.4. The van der Waals surface area contributed by atoms with Crippen LogP contribution in [0.3, 0.4) is 0 Å². The monoisotopic (exact) mass is 584 g/mol. The van der Waals surface area contributed by atoms with Gasteiger partial charge in [-0.3, -0.25) is 14.4 Å². The van der Waals surface area contributed by atoms with Crippen molar-refractivity contribution in [1.29, 1.82) is 0 Å². The van der Waals surface area contributed by atoms with E-state index in [1.54, 1.807) is 30.3 Å². The highest BCUT2D eigenvalue weighted by Crippen LogP contribution is 2.28. The number of phenolic OH excluding ortho intramolecular Hbond substituents is 1. The Hall–Kier alpha value is -5.21. The third-order valence-electron chi connectivity index (χ3n) is 5.75. The van der Waals surface area contributed by atoms with Gasteiger partial charge in [0.15, 0.2) is 12.3 Å². The molecule has 3 heterocycles. The number of amides is 2. The third kappa shape index (κ3) is 7.06. The minimum atomic E-state index is -1.15. The number of nitrogens with one attached hydrogen (secondary N) is 3. The maximum Gasteiger partial charge on any atom is 0.339 e. The first-order valence-corrected chi connectivity index (χ1v) is 11.7. The zero-order valence-corrected chi connectivity index (χ0v) is 22.2. The highest BCUT2D eigenvalue weighted by Gasteiger charge is 2.20. The van der Waals surface area contributed by atoms with Gasteiger partial charge in [0, 0.05) is 12.7 Å². The van der Waals surface area contributed by atoms with Gasteiger partial charge in [-0.05, 0) is 35.4 Å². The number of aromatic amines is 1. The van der Waals surface area contributed by atoms with E-state index in [4.69, 9.17) is 20.7 Å². The van der Waals surface area contributed by atoms with Crippen molar-refractivity contribution in [2.75, 3.05) is 19.0 Å². The maximum absolute atomic E-state index is 12.5. The van der Waals surface area contributed by atoms with E-state index in [-0.39, 0.29) is 59.5 Å². The third-order valence-corrected chi connectivity index (χ3v) is 5.75. The van der Waals surface area contributed by atoms with Gasteiger partial charge in [-0.1, -0.05) is 18.2 Å². The summed E-state index contributed by atoms with van der Waals surface area (Å²) in [6, 6.07) is 10.5. The number of nitrogens with two attached hydrogens (primary N) is 1. The molecule has 0 fully saturated rings. The molecule has 1 aliphatic heterocycles. The van der Waals surface area contributed by atoms with E-state index in [0.29, 0.717) is 17.0 Å². The molecule has 5 rings (SSSR count). The van der Waals surface area contributed by atoms with Crippen LogP contribution in [0.5, 0.6) is 11.5 Å². The van der Waals surface area contributed by atoms with Crippen molar-refractivity contribution >= 4 is 52.9 Å². The summed E-state index contributed by atoms with van der Waals surface area (Å²) in [5, 5.41) is 23.5. The minimum absolute atomic E-state index is 0. The number of H-pyrrole nitrogens is 1. The molecule has 15 heteroatoms. The number of esters is 1. The van der Waals surface area contributed by atoms with Crippen molar-refractivity contribution in [3.63, 3.8) is 0 Å². The average molecular weight is 585 g/mol. The van der Waals surface area contributed by atoms with E-state index in [9.17, 15) is 19.2 Å². The fraction of sp³-hybridized carbons (Fsp3) is 0.154. The molecule has 2 aromatic carbocycles. The Kier molecular flexibility index (Phi) is 9.79. The first-order chi connectivity index (χ1) is 19.2. The van der Waals surface area contributed by atoms with E-state index >= 15 is 0 Å². The molecule has 1 aliphatic rings. The lowest BCUT2D eigenvalue weighted by molar-refractivity contribution is -0.142. The number of anilines is 1. The van der Waals surface area contributed by atoms with Crippen molar-refractivity contribution in [2.45, 2.75) is 12.6 Å². The summed E-state index contributed by atoms with van der Waals surface area (Å²) in [4.78, 5) is 56.7. The van der Waals surface area contributed by atoms with E-state index in [1.165, 1.54) is 25.4 Å². The summed E-state index contributed by atoms with van der Waals surface area (Å²) in [7, 11) is 1.28. The number of fused-ring (bicyclic) bond motifs is 2. The SMILES string of the molecule is COC(=O)[C@@H](N)c1ccc(O)cc1.Cl.O=C1COc2ccc(CNC(=O)c3ncnc4c(C(=O)O)c[nH]c34)cc2N1. The van der Waals surface area contributed by atoms with Gasteiger partial charge in [0.25, 0.3) is 11.8 Å². The van der Waals surface area contributed by atoms with Crippen molar-refractivity contribution in [1.82, 2.24) is 20.3 Å². The van der Waals surface area contributed by atoms with E-state index in [1.807, 2.05) is 0 Å². The number of carboxylic acids is 1. The topological polar surface area (TPSA) is 219 Å². The number of hydrogen-bond donors (Lipinski definition) is 6. The number of aromatic nitrogens is 3. The molecule has 0 unspecified atom stereocenters. The Balaban J connectivity index is 0.000000280. The van der Waals surface area contributed by atoms with Crippen LogP contribution in [0.15, 0.2) is 55.0 Å². The number of aromatic carboxylic acids is 1. The molecule has 0 radical (unpaired) electrons. The summed E-state index contributed by atoms with van der Waals surface area (Å²) in [6.45, 7) is 0.154. The molecule has 0 bridgehead atoms. The van der Waals surface area contributed by atoms with Crippen molar-refractivity contribution in [3.8, 4) is 11.5 Å². The average Bonchev–Trinajstić information content (AvgIpc) is 3.40. The number of benzene rings is 2. The molecule has 41 heavy (non-hydrogen) atoms. The van der Waals surface area contributed by atoms with Gasteiger partial charge in [0.1, 0.15) is 34.9 Å². The first-order valence-electron chi connectivity index (χ1n) is 11.7. The lowest BCUT2D eigenvalue weighted by Gasteiger charge is -2.18. The Bertz CT molecular complexity index is 1590. The molecular formula is C26H25ClN6O8. The summed E-state index contributed by atoms with van der Waals surface area (Å²) in [5.74, 6) is -1.67. The lowest BCUT2D eigenvalue weighted by atomic mass is 10.1. The fourth-order valence-corrected chi connectivity index (χ4v) is 3.73. The van der Waals surface area contributed by atoms with Gasteiger partial charge < -0.3 is 41.0 Å². The predicted octanol–water partition coefficient (Wildman–Crippen LogP) is 1.90. The second kappa shape index (κ2) is 13.2. The normalized spacial score (nSPS) is 12.3. The molecule has 0 spiro atoms. The first kappa shape index (κ1) is 30.3. The molecule has 214 valence electrons. The van der Waals surface area contributed by atoms with Crippen LogP contribution < -0.4 is 21.1 Å². The number of nitrogens with zero attached hydrogens (tertiary/aromatic N) is 2. The Morgan fingerprint density at radius 2 is 1.90 bits per heavy atom. The van der Waals surface area contributed by atoms with Crippen LogP contribution in [0.25, 0.3) is 11.0 Å². The van der Waals surface area contributed by atoms with Crippen LogP contribution in [-0.2, 0) is 20.9 Å². The number of carboxylic acid groups (broad SMARTS) is 1. The second-order valence-electron chi connectivity index (χ2n) is 8.40. The van der Waals surface area contributed by atoms with Gasteiger partial charge in [-0.25, -0.2) is 14.8 Å². The Morgan fingerprint density at radius 3 is 2.59 bits per heavy atom. The predicted molar refractivity (Wildman–Crippen MR) is 147 cm³/mol. The standard InChI is InChI=1S/C17H13N5O5.C9H11NO3.ClH/c23-12-6-27-11-2-1-8(3-10(11)22-12)4-19-16(24)15-14-13(20-7-21-15)9(5-18-14)17(25)26;1-13-9(12)8(10)6-2-4-7(11)5-3-6;/h1-3,5,7,18H,4,6H2,(H,19,24)(H,22,23)(H,25,26);2-5,8,11H,10H2,1H3;1H/t;8-;/m.0./s1. The number of halogens is 1. The minimum Gasteiger partial charge on any atom is -0.508 e. The van der Waals surface area contributed by atoms with Crippen LogP contribution >= 0.6 is 12.4 Å². The van der Waals surface area contributed by atoms with Crippen molar-refractivity contribution in [2.24, 2.45) is 5.73 Å². The quantitative estimate of drug-likeness (QED) is 0.180. The van der Waals surface area contributed by atoms with Gasteiger partial charge in [-0.2, -0.15) is 0 Å². The fourth-order valence-electron chi connectivity index (χ4n) is 3.73. The number of carbonyl (C=O) groups is 4. The van der Waals surface area contributed by atoms with E-state index < -0.39 is 23.9 Å². The van der Waals surface area contributed by atoms with Crippen LogP contribution in [0.2, 0.25) is 0 Å². The number of ether oxygens (including phenoxy) is 2. The lowest BCUT2D eigenvalue weighted by Crippen LogP contribution is -2.26. The van der Waals surface area contributed by atoms with Gasteiger partial charge in [-0.15, -0.1) is 12.4 Å². The molecule has 2 aromatic heterocycles. The Morgan fingerprint density at radius 1 is 1.17 bits per heavy atom. The number of aromatic hydroxyl groups is 1. The van der Waals surface area contributed by atoms with Crippen LogP contribution in [0.4, 0.5) is 5.69 Å². The van der Waals surface area contributed by atoms with Crippen LogP contribution in [0, 0.1) is 0 Å². The summed E-state index contributed by atoms with van der Waals surface area (Å²) < 4.78 is 9.76. The largest absolute Gasteiger partial charge is 0.508 e. The molecule has 2 amide bonds. The van der Waals surface area contributed by atoms with Gasteiger partial charge >= 0.3 is 11.9 Å². The summed E-state index contributed by atoms with van der Waals surface area (Å²) in [6.07, 6.45) is 2.41. The molecule has 0 saturated carbocycles. The van der Waals surface area contributed by atoms with E-state index in [0.717, 1.165) is 11.9 Å². The molecule has 4 aromatic rings. The molecule has 0 saturated heterocycles.